The lowest BCUT2D eigenvalue weighted by Gasteiger charge is -2.07. The molecule has 0 spiro atoms. The number of rotatable bonds is 5. The fourth-order valence-corrected chi connectivity index (χ4v) is 2.49. The Morgan fingerprint density at radius 1 is 1.30 bits per heavy atom. The van der Waals surface area contributed by atoms with Crippen LogP contribution in [-0.2, 0) is 6.18 Å². The number of benzene rings is 1. The maximum atomic E-state index is 12.6. The summed E-state index contributed by atoms with van der Waals surface area (Å²) in [4.78, 5) is 4.07. The Bertz CT molecular complexity index is 566. The van der Waals surface area contributed by atoms with E-state index in [0.717, 1.165) is 30.7 Å². The molecule has 2 nitrogen and oxygen atoms in total. The topological polar surface area (TPSA) is 26.0 Å². The van der Waals surface area contributed by atoms with Crippen LogP contribution in [-0.4, -0.2) is 10.7 Å². The summed E-state index contributed by atoms with van der Waals surface area (Å²) in [6.45, 7) is 2.09. The standard InChI is InChI=1S/C14H14F3NOS/c1-2-3-7-20-13-18-9-12(19-13)10-5-4-6-11(8-10)14(15,16)17/h4-6,8-9H,2-3,7H2,1H3. The molecular weight excluding hydrogens is 287 g/mol. The summed E-state index contributed by atoms with van der Waals surface area (Å²) in [6.07, 6.45) is -0.765. The Hall–Kier alpha value is -1.43. The SMILES string of the molecule is CCCCSc1ncc(-c2cccc(C(F)(F)F)c2)o1. The highest BCUT2D eigenvalue weighted by molar-refractivity contribution is 7.99. The summed E-state index contributed by atoms with van der Waals surface area (Å²) in [7, 11) is 0. The van der Waals surface area contributed by atoms with Gasteiger partial charge in [-0.1, -0.05) is 37.2 Å². The first-order valence-electron chi connectivity index (χ1n) is 6.27. The molecule has 1 heterocycles. The predicted molar refractivity (Wildman–Crippen MR) is 72.6 cm³/mol. The molecule has 20 heavy (non-hydrogen) atoms. The average Bonchev–Trinajstić information content (AvgIpc) is 2.87. The van der Waals surface area contributed by atoms with Gasteiger partial charge in [-0.3, -0.25) is 0 Å². The first kappa shape index (κ1) is 15.0. The third kappa shape index (κ3) is 3.79. The van der Waals surface area contributed by atoms with Gasteiger partial charge in [0.2, 0.25) is 0 Å². The van der Waals surface area contributed by atoms with Crippen LogP contribution in [0.25, 0.3) is 11.3 Å². The summed E-state index contributed by atoms with van der Waals surface area (Å²) < 4.78 is 43.4. The number of nitrogens with zero attached hydrogens (tertiary/aromatic N) is 1. The number of unbranched alkanes of at least 4 members (excludes halogenated alkanes) is 1. The molecule has 108 valence electrons. The van der Waals surface area contributed by atoms with Crippen molar-refractivity contribution >= 4 is 11.8 Å². The average molecular weight is 301 g/mol. The molecule has 0 saturated carbocycles. The second-order valence-corrected chi connectivity index (χ2v) is 5.32. The van der Waals surface area contributed by atoms with Gasteiger partial charge in [-0.05, 0) is 18.6 Å². The maximum absolute atomic E-state index is 12.6. The molecule has 0 atom stereocenters. The first-order chi connectivity index (χ1) is 9.50. The smallest absolute Gasteiger partial charge is 0.416 e. The quantitative estimate of drug-likeness (QED) is 0.557. The normalized spacial score (nSPS) is 11.8. The Kier molecular flexibility index (Phi) is 4.75. The molecule has 1 aromatic carbocycles. The third-order valence-corrected chi connectivity index (χ3v) is 3.61. The molecule has 0 unspecified atom stereocenters. The van der Waals surface area contributed by atoms with E-state index in [2.05, 4.69) is 11.9 Å². The Labute approximate surface area is 119 Å². The second kappa shape index (κ2) is 6.35. The van der Waals surface area contributed by atoms with Crippen LogP contribution >= 0.6 is 11.8 Å². The van der Waals surface area contributed by atoms with Gasteiger partial charge in [0.05, 0.1) is 11.8 Å². The molecule has 2 aromatic rings. The highest BCUT2D eigenvalue weighted by Gasteiger charge is 2.30. The minimum atomic E-state index is -4.35. The van der Waals surface area contributed by atoms with Crippen LogP contribution in [0, 0.1) is 0 Å². The molecule has 0 amide bonds. The molecule has 0 aliphatic heterocycles. The van der Waals surface area contributed by atoms with Crippen LogP contribution in [0.2, 0.25) is 0 Å². The molecule has 0 fully saturated rings. The van der Waals surface area contributed by atoms with Gasteiger partial charge >= 0.3 is 6.18 Å². The van der Waals surface area contributed by atoms with Crippen molar-refractivity contribution < 1.29 is 17.6 Å². The van der Waals surface area contributed by atoms with E-state index in [1.54, 1.807) is 6.07 Å². The molecule has 1 aromatic heterocycles. The number of hydrogen-bond acceptors (Lipinski definition) is 3. The van der Waals surface area contributed by atoms with Gasteiger partial charge < -0.3 is 4.42 Å². The van der Waals surface area contributed by atoms with Crippen LogP contribution in [0.15, 0.2) is 40.1 Å². The number of halogens is 3. The number of alkyl halides is 3. The van der Waals surface area contributed by atoms with Crippen molar-refractivity contribution in [2.75, 3.05) is 5.75 Å². The molecule has 0 aliphatic carbocycles. The van der Waals surface area contributed by atoms with E-state index >= 15 is 0 Å². The summed E-state index contributed by atoms with van der Waals surface area (Å²) in [6, 6.07) is 5.05. The van der Waals surface area contributed by atoms with Crippen molar-refractivity contribution in [1.29, 1.82) is 0 Å². The Balaban J connectivity index is 2.16. The van der Waals surface area contributed by atoms with Crippen molar-refractivity contribution in [2.24, 2.45) is 0 Å². The summed E-state index contributed by atoms with van der Waals surface area (Å²) in [5.74, 6) is 1.24. The summed E-state index contributed by atoms with van der Waals surface area (Å²) >= 11 is 1.47. The van der Waals surface area contributed by atoms with Crippen molar-refractivity contribution in [3.05, 3.63) is 36.0 Å². The predicted octanol–water partition coefficient (Wildman–Crippen LogP) is 5.25. The molecule has 2 rings (SSSR count). The molecule has 6 heteroatoms. The Morgan fingerprint density at radius 3 is 2.80 bits per heavy atom. The lowest BCUT2D eigenvalue weighted by molar-refractivity contribution is -0.137. The molecule has 0 N–H and O–H groups in total. The first-order valence-corrected chi connectivity index (χ1v) is 7.25. The number of hydrogen-bond donors (Lipinski definition) is 0. The summed E-state index contributed by atoms with van der Waals surface area (Å²) in [5.41, 5.74) is -0.304. The van der Waals surface area contributed by atoms with Gasteiger partial charge in [-0.2, -0.15) is 13.2 Å². The Morgan fingerprint density at radius 2 is 2.10 bits per heavy atom. The van der Waals surface area contributed by atoms with E-state index in [-0.39, 0.29) is 0 Å². The van der Waals surface area contributed by atoms with Gasteiger partial charge in [0.15, 0.2) is 5.76 Å². The van der Waals surface area contributed by atoms with Gasteiger partial charge in [-0.15, -0.1) is 0 Å². The monoisotopic (exact) mass is 301 g/mol. The lowest BCUT2D eigenvalue weighted by atomic mass is 10.1. The van der Waals surface area contributed by atoms with E-state index in [9.17, 15) is 13.2 Å². The maximum Gasteiger partial charge on any atom is 0.416 e. The lowest BCUT2D eigenvalue weighted by Crippen LogP contribution is -2.04. The second-order valence-electron chi connectivity index (χ2n) is 4.27. The van der Waals surface area contributed by atoms with Crippen molar-refractivity contribution in [3.63, 3.8) is 0 Å². The van der Waals surface area contributed by atoms with Crippen molar-refractivity contribution in [2.45, 2.75) is 31.2 Å². The highest BCUT2D eigenvalue weighted by Crippen LogP contribution is 2.33. The fraction of sp³-hybridized carbons (Fsp3) is 0.357. The summed E-state index contributed by atoms with van der Waals surface area (Å²) in [5, 5.41) is 0.492. The number of aromatic nitrogens is 1. The minimum Gasteiger partial charge on any atom is -0.431 e. The fourth-order valence-electron chi connectivity index (χ4n) is 1.61. The largest absolute Gasteiger partial charge is 0.431 e. The zero-order valence-electron chi connectivity index (χ0n) is 10.9. The third-order valence-electron chi connectivity index (χ3n) is 2.68. The highest BCUT2D eigenvalue weighted by atomic mass is 32.2. The number of oxazole rings is 1. The van der Waals surface area contributed by atoms with Gasteiger partial charge in [0, 0.05) is 11.3 Å². The zero-order valence-corrected chi connectivity index (χ0v) is 11.7. The molecular formula is C14H14F3NOS. The van der Waals surface area contributed by atoms with E-state index < -0.39 is 11.7 Å². The van der Waals surface area contributed by atoms with Crippen LogP contribution in [0.1, 0.15) is 25.3 Å². The molecule has 0 bridgehead atoms. The molecule has 0 saturated heterocycles. The van der Waals surface area contributed by atoms with E-state index in [1.807, 2.05) is 0 Å². The van der Waals surface area contributed by atoms with Crippen molar-refractivity contribution in [3.8, 4) is 11.3 Å². The number of thioether (sulfide) groups is 1. The van der Waals surface area contributed by atoms with Crippen LogP contribution in [0.3, 0.4) is 0 Å². The van der Waals surface area contributed by atoms with Gasteiger partial charge in [0.25, 0.3) is 5.22 Å². The van der Waals surface area contributed by atoms with Crippen LogP contribution < -0.4 is 0 Å². The van der Waals surface area contributed by atoms with Crippen molar-refractivity contribution in [1.82, 2.24) is 4.98 Å². The van der Waals surface area contributed by atoms with Crippen LogP contribution in [0.5, 0.6) is 0 Å². The molecule has 0 radical (unpaired) electrons. The van der Waals surface area contributed by atoms with Crippen LogP contribution in [0.4, 0.5) is 13.2 Å². The zero-order chi connectivity index (χ0) is 14.6. The van der Waals surface area contributed by atoms with E-state index in [1.165, 1.54) is 24.0 Å². The molecule has 0 aliphatic rings. The van der Waals surface area contributed by atoms with Gasteiger partial charge in [0.1, 0.15) is 0 Å². The van der Waals surface area contributed by atoms with E-state index in [4.69, 9.17) is 4.42 Å². The van der Waals surface area contributed by atoms with Gasteiger partial charge in [-0.25, -0.2) is 4.98 Å². The minimum absolute atomic E-state index is 0.357. The van der Waals surface area contributed by atoms with E-state index in [0.29, 0.717) is 16.5 Å².